The van der Waals surface area contributed by atoms with E-state index in [2.05, 4.69) is 21.0 Å². The van der Waals surface area contributed by atoms with Crippen LogP contribution < -0.4 is 15.7 Å². The van der Waals surface area contributed by atoms with Crippen molar-refractivity contribution in [1.82, 2.24) is 14.0 Å². The predicted octanol–water partition coefficient (Wildman–Crippen LogP) is 1.78. The Bertz CT molecular complexity index is 942. The van der Waals surface area contributed by atoms with Crippen LogP contribution in [0.3, 0.4) is 0 Å². The minimum atomic E-state index is -0.00799. The molecule has 7 heteroatoms. The van der Waals surface area contributed by atoms with E-state index in [-0.39, 0.29) is 5.69 Å². The number of fused-ring (bicyclic) bond motifs is 1. The molecule has 2 aromatic heterocycles. The number of pyridine rings is 1. The number of piperazine rings is 1. The lowest BCUT2D eigenvalue weighted by molar-refractivity contribution is -0.465. The van der Waals surface area contributed by atoms with Crippen molar-refractivity contribution in [2.45, 2.75) is 13.0 Å². The maximum atomic E-state index is 12.3. The van der Waals surface area contributed by atoms with Crippen molar-refractivity contribution >= 4 is 22.9 Å². The molecule has 0 bridgehead atoms. The lowest BCUT2D eigenvalue weighted by atomic mass is 10.2. The lowest BCUT2D eigenvalue weighted by Gasteiger charge is -2.36. The van der Waals surface area contributed by atoms with E-state index in [4.69, 9.17) is 11.6 Å². The van der Waals surface area contributed by atoms with Crippen LogP contribution in [0.4, 0.5) is 5.69 Å². The first-order valence-corrected chi connectivity index (χ1v) is 9.40. The summed E-state index contributed by atoms with van der Waals surface area (Å²) in [4.78, 5) is 17.1. The zero-order chi connectivity index (χ0) is 17.9. The van der Waals surface area contributed by atoms with Crippen molar-refractivity contribution in [3.63, 3.8) is 0 Å². The van der Waals surface area contributed by atoms with Crippen LogP contribution in [0.1, 0.15) is 6.42 Å². The summed E-state index contributed by atoms with van der Waals surface area (Å²) in [5, 5.41) is 3.95. The molecule has 26 heavy (non-hydrogen) atoms. The SMILES string of the molecule is O=c1n(CCCN2CCN(c3cccc(Cl)c3)CC2)[nH+]c2ccccn12. The molecule has 1 aromatic carbocycles. The Labute approximate surface area is 157 Å². The Morgan fingerprint density at radius 1 is 1.00 bits per heavy atom. The van der Waals surface area contributed by atoms with Gasteiger partial charge in [-0.3, -0.25) is 4.90 Å². The molecule has 136 valence electrons. The molecule has 3 heterocycles. The van der Waals surface area contributed by atoms with Crippen molar-refractivity contribution in [3.8, 4) is 0 Å². The highest BCUT2D eigenvalue weighted by Crippen LogP contribution is 2.20. The fraction of sp³-hybridized carbons (Fsp3) is 0.368. The summed E-state index contributed by atoms with van der Waals surface area (Å²) in [6, 6.07) is 13.7. The van der Waals surface area contributed by atoms with E-state index in [1.807, 2.05) is 36.4 Å². The number of aryl methyl sites for hydroxylation is 1. The summed E-state index contributed by atoms with van der Waals surface area (Å²) in [5.41, 5.74) is 2.01. The summed E-state index contributed by atoms with van der Waals surface area (Å²) in [6.45, 7) is 5.77. The molecule has 0 spiro atoms. The van der Waals surface area contributed by atoms with E-state index in [9.17, 15) is 4.79 Å². The van der Waals surface area contributed by atoms with E-state index in [0.29, 0.717) is 6.54 Å². The van der Waals surface area contributed by atoms with E-state index in [1.165, 1.54) is 5.69 Å². The second-order valence-corrected chi connectivity index (χ2v) is 7.10. The largest absolute Gasteiger partial charge is 0.451 e. The predicted molar refractivity (Wildman–Crippen MR) is 103 cm³/mol. The number of rotatable bonds is 5. The monoisotopic (exact) mass is 372 g/mol. The summed E-state index contributed by atoms with van der Waals surface area (Å²) in [6.07, 6.45) is 2.74. The third-order valence-corrected chi connectivity index (χ3v) is 5.18. The first-order valence-electron chi connectivity index (χ1n) is 9.03. The van der Waals surface area contributed by atoms with Crippen LogP contribution in [0.15, 0.2) is 53.5 Å². The summed E-state index contributed by atoms with van der Waals surface area (Å²) >= 11 is 6.09. The van der Waals surface area contributed by atoms with E-state index in [1.54, 1.807) is 15.3 Å². The van der Waals surface area contributed by atoms with Crippen LogP contribution in [0, 0.1) is 0 Å². The fourth-order valence-corrected chi connectivity index (χ4v) is 3.71. The van der Waals surface area contributed by atoms with Gasteiger partial charge in [-0.05, 0) is 30.7 Å². The average molecular weight is 373 g/mol. The third kappa shape index (κ3) is 3.61. The summed E-state index contributed by atoms with van der Waals surface area (Å²) < 4.78 is 3.33. The highest BCUT2D eigenvalue weighted by molar-refractivity contribution is 6.30. The number of aromatic amines is 1. The molecule has 0 saturated carbocycles. The second-order valence-electron chi connectivity index (χ2n) is 6.66. The molecule has 1 aliphatic heterocycles. The van der Waals surface area contributed by atoms with Gasteiger partial charge >= 0.3 is 11.3 Å². The first kappa shape index (κ1) is 17.1. The normalized spacial score (nSPS) is 15.7. The molecule has 1 N–H and O–H groups in total. The minimum Gasteiger partial charge on any atom is -0.369 e. The molecule has 1 saturated heterocycles. The van der Waals surface area contributed by atoms with Gasteiger partial charge in [0.1, 0.15) is 6.20 Å². The maximum Gasteiger partial charge on any atom is 0.451 e. The van der Waals surface area contributed by atoms with Crippen molar-refractivity contribution in [3.05, 3.63) is 64.2 Å². The molecule has 6 nitrogen and oxygen atoms in total. The molecule has 3 aromatic rings. The van der Waals surface area contributed by atoms with E-state index in [0.717, 1.165) is 49.8 Å². The number of nitrogens with one attached hydrogen (secondary N) is 1. The Balaban J connectivity index is 1.28. The zero-order valence-electron chi connectivity index (χ0n) is 14.6. The number of benzene rings is 1. The Hall–Kier alpha value is -2.31. The highest BCUT2D eigenvalue weighted by atomic mass is 35.5. The Morgan fingerprint density at radius 2 is 1.85 bits per heavy atom. The molecule has 0 aliphatic carbocycles. The van der Waals surface area contributed by atoms with Crippen molar-refractivity contribution < 1.29 is 5.10 Å². The average Bonchev–Trinajstić information content (AvgIpc) is 2.99. The quantitative estimate of drug-likeness (QED) is 0.686. The van der Waals surface area contributed by atoms with Gasteiger partial charge in [0.05, 0.1) is 6.54 Å². The Kier molecular flexibility index (Phi) is 4.95. The van der Waals surface area contributed by atoms with Crippen molar-refractivity contribution in [1.29, 1.82) is 0 Å². The standard InChI is InChI=1S/C19H22ClN5O/c20-16-5-3-6-17(15-16)23-13-11-22(12-14-23)8-4-10-25-19(26)24-9-2-1-7-18(24)21-25/h1-3,5-7,9,15H,4,8,10-14H2/p+1. The summed E-state index contributed by atoms with van der Waals surface area (Å²) in [7, 11) is 0. The van der Waals surface area contributed by atoms with Gasteiger partial charge in [0.2, 0.25) is 0 Å². The first-order chi connectivity index (χ1) is 12.7. The molecule has 4 rings (SSSR count). The highest BCUT2D eigenvalue weighted by Gasteiger charge is 2.18. The van der Waals surface area contributed by atoms with Crippen LogP contribution in [0.2, 0.25) is 5.02 Å². The molecule has 1 fully saturated rings. The van der Waals surface area contributed by atoms with Gasteiger partial charge in [-0.15, -0.1) is 9.08 Å². The number of hydrogen-bond donors (Lipinski definition) is 0. The van der Waals surface area contributed by atoms with Crippen LogP contribution in [-0.2, 0) is 6.54 Å². The van der Waals surface area contributed by atoms with Gasteiger partial charge < -0.3 is 4.90 Å². The molecule has 0 radical (unpaired) electrons. The zero-order valence-corrected chi connectivity index (χ0v) is 15.4. The maximum absolute atomic E-state index is 12.3. The van der Waals surface area contributed by atoms with Gasteiger partial charge in [-0.1, -0.05) is 23.7 Å². The smallest absolute Gasteiger partial charge is 0.369 e. The van der Waals surface area contributed by atoms with Crippen LogP contribution in [0.25, 0.3) is 5.65 Å². The van der Waals surface area contributed by atoms with Gasteiger partial charge in [0, 0.05) is 49.5 Å². The van der Waals surface area contributed by atoms with E-state index >= 15 is 0 Å². The minimum absolute atomic E-state index is 0.00799. The van der Waals surface area contributed by atoms with Gasteiger partial charge in [0.25, 0.3) is 0 Å². The number of anilines is 1. The van der Waals surface area contributed by atoms with Crippen molar-refractivity contribution in [2.24, 2.45) is 0 Å². The fourth-order valence-electron chi connectivity index (χ4n) is 3.52. The molecule has 0 atom stereocenters. The number of H-pyrrole nitrogens is 1. The van der Waals surface area contributed by atoms with Gasteiger partial charge in [0.15, 0.2) is 0 Å². The number of hydrogen-bond acceptors (Lipinski definition) is 3. The van der Waals surface area contributed by atoms with Crippen molar-refractivity contribution in [2.75, 3.05) is 37.6 Å². The van der Waals surface area contributed by atoms with Crippen LogP contribution in [0.5, 0.6) is 0 Å². The second kappa shape index (κ2) is 7.51. The number of aromatic nitrogens is 3. The lowest BCUT2D eigenvalue weighted by Crippen LogP contribution is -2.47. The van der Waals surface area contributed by atoms with Gasteiger partial charge in [-0.25, -0.2) is 4.79 Å². The third-order valence-electron chi connectivity index (χ3n) is 4.95. The molecule has 1 aliphatic rings. The van der Waals surface area contributed by atoms with Crippen LogP contribution in [-0.4, -0.2) is 46.7 Å². The number of halogens is 1. The summed E-state index contributed by atoms with van der Waals surface area (Å²) in [5.74, 6) is 0. The molecular weight excluding hydrogens is 350 g/mol. The molecule has 0 unspecified atom stereocenters. The van der Waals surface area contributed by atoms with E-state index < -0.39 is 0 Å². The Morgan fingerprint density at radius 3 is 2.62 bits per heavy atom. The van der Waals surface area contributed by atoms with Crippen LogP contribution >= 0.6 is 11.6 Å². The van der Waals surface area contributed by atoms with Gasteiger partial charge in [-0.2, -0.15) is 5.10 Å². The topological polar surface area (TPSA) is 47.0 Å². The molecular formula is C19H23ClN5O+. The number of nitrogens with zero attached hydrogens (tertiary/aromatic N) is 4. The molecule has 0 amide bonds.